The molecular weight excluding hydrogens is 316 g/mol. The van der Waals surface area contributed by atoms with E-state index in [0.717, 1.165) is 58.0 Å². The molecule has 5 aliphatic carbocycles. The molecule has 1 aliphatic heterocycles. The summed E-state index contributed by atoms with van der Waals surface area (Å²) >= 11 is 0. The Morgan fingerprint density at radius 2 is 1.80 bits per heavy atom. The standard InChI is InChI=1S/C20H30N2O3/c1-2-22-18(25)21(12-20(22)5-3-4-6-20)16-14-7-13-8-15(16)11-19(9-13,10-14)17(23)24/h13-16H,2-12H2,1H3,(H,23,24). The lowest BCUT2D eigenvalue weighted by atomic mass is 9.47. The zero-order valence-electron chi connectivity index (χ0n) is 15.2. The number of carbonyl (C=O) groups excluding carboxylic acids is 1. The fourth-order valence-electron chi connectivity index (χ4n) is 7.76. The molecular formula is C20H30N2O3. The van der Waals surface area contributed by atoms with Crippen molar-refractivity contribution >= 4 is 12.0 Å². The van der Waals surface area contributed by atoms with Gasteiger partial charge in [0.25, 0.3) is 0 Å². The Labute approximate surface area is 149 Å². The molecule has 4 bridgehead atoms. The molecule has 6 rings (SSSR count). The largest absolute Gasteiger partial charge is 0.481 e. The van der Waals surface area contributed by atoms with Gasteiger partial charge in [-0.3, -0.25) is 4.79 Å². The van der Waals surface area contributed by atoms with Crippen LogP contribution in [-0.4, -0.2) is 51.6 Å². The zero-order chi connectivity index (χ0) is 17.4. The highest BCUT2D eigenvalue weighted by Crippen LogP contribution is 2.62. The lowest BCUT2D eigenvalue weighted by Crippen LogP contribution is -2.61. The average molecular weight is 346 g/mol. The average Bonchev–Trinajstić information content (AvgIpc) is 3.12. The van der Waals surface area contributed by atoms with Crippen LogP contribution in [0.4, 0.5) is 4.79 Å². The highest BCUT2D eigenvalue weighted by molar-refractivity contribution is 5.79. The van der Waals surface area contributed by atoms with Crippen LogP contribution in [0.15, 0.2) is 0 Å². The minimum atomic E-state index is -0.583. The third-order valence-corrected chi connectivity index (χ3v) is 8.40. The second kappa shape index (κ2) is 5.14. The van der Waals surface area contributed by atoms with Crippen molar-refractivity contribution in [3.63, 3.8) is 0 Å². The fourth-order valence-corrected chi connectivity index (χ4v) is 7.76. The van der Waals surface area contributed by atoms with Crippen LogP contribution in [-0.2, 0) is 4.79 Å². The van der Waals surface area contributed by atoms with Crippen LogP contribution >= 0.6 is 0 Å². The van der Waals surface area contributed by atoms with Crippen molar-refractivity contribution in [2.75, 3.05) is 13.1 Å². The summed E-state index contributed by atoms with van der Waals surface area (Å²) in [6, 6.07) is 0.539. The molecule has 1 spiro atoms. The summed E-state index contributed by atoms with van der Waals surface area (Å²) in [5.41, 5.74) is -0.407. The summed E-state index contributed by atoms with van der Waals surface area (Å²) in [5, 5.41) is 9.84. The minimum Gasteiger partial charge on any atom is -0.481 e. The molecule has 5 heteroatoms. The van der Waals surface area contributed by atoms with Gasteiger partial charge in [-0.05, 0) is 69.6 Å². The second-order valence-corrected chi connectivity index (χ2v) is 9.63. The number of carboxylic acids is 1. The van der Waals surface area contributed by atoms with E-state index in [1.54, 1.807) is 0 Å². The number of urea groups is 1. The number of likely N-dealkylation sites (N-methyl/N-ethyl adjacent to an activating group) is 1. The first-order valence-corrected chi connectivity index (χ1v) is 10.3. The number of carbonyl (C=O) groups is 2. The Morgan fingerprint density at radius 3 is 2.36 bits per heavy atom. The molecule has 5 saturated carbocycles. The van der Waals surface area contributed by atoms with E-state index >= 15 is 0 Å². The van der Waals surface area contributed by atoms with Gasteiger partial charge >= 0.3 is 12.0 Å². The minimum absolute atomic E-state index is 0.0744. The third-order valence-electron chi connectivity index (χ3n) is 8.40. The predicted octanol–water partition coefficient (Wildman–Crippen LogP) is 3.34. The maximum Gasteiger partial charge on any atom is 0.320 e. The molecule has 2 atom stereocenters. The van der Waals surface area contributed by atoms with Gasteiger partial charge in [-0.15, -0.1) is 0 Å². The van der Waals surface area contributed by atoms with Gasteiger partial charge in [0.15, 0.2) is 0 Å². The third kappa shape index (κ3) is 2.01. The number of carboxylic acid groups (broad SMARTS) is 1. The Hall–Kier alpha value is -1.26. The van der Waals surface area contributed by atoms with Crippen molar-refractivity contribution in [1.29, 1.82) is 0 Å². The molecule has 2 amide bonds. The zero-order valence-corrected chi connectivity index (χ0v) is 15.2. The number of amides is 2. The monoisotopic (exact) mass is 346 g/mol. The van der Waals surface area contributed by atoms with Crippen molar-refractivity contribution in [3.8, 4) is 0 Å². The van der Waals surface area contributed by atoms with Gasteiger partial charge < -0.3 is 14.9 Å². The Kier molecular flexibility index (Phi) is 3.28. The first-order valence-electron chi connectivity index (χ1n) is 10.3. The number of hydrogen-bond donors (Lipinski definition) is 1. The van der Waals surface area contributed by atoms with Gasteiger partial charge in [-0.25, -0.2) is 4.79 Å². The molecule has 25 heavy (non-hydrogen) atoms. The van der Waals surface area contributed by atoms with Gasteiger partial charge in [0, 0.05) is 19.1 Å². The van der Waals surface area contributed by atoms with Crippen LogP contribution in [0.3, 0.4) is 0 Å². The Morgan fingerprint density at radius 1 is 1.16 bits per heavy atom. The maximum atomic E-state index is 13.3. The predicted molar refractivity (Wildman–Crippen MR) is 93.1 cm³/mol. The van der Waals surface area contributed by atoms with Crippen molar-refractivity contribution in [2.24, 2.45) is 23.2 Å². The normalized spacial score (nSPS) is 44.3. The molecule has 0 radical (unpaired) electrons. The van der Waals surface area contributed by atoms with E-state index in [4.69, 9.17) is 0 Å². The van der Waals surface area contributed by atoms with E-state index in [2.05, 4.69) is 16.7 Å². The van der Waals surface area contributed by atoms with Gasteiger partial charge in [0.2, 0.25) is 0 Å². The Bertz CT molecular complexity index is 596. The quantitative estimate of drug-likeness (QED) is 0.852. The number of rotatable bonds is 3. The lowest BCUT2D eigenvalue weighted by molar-refractivity contribution is -0.170. The fraction of sp³-hybridized carbons (Fsp3) is 0.900. The van der Waals surface area contributed by atoms with E-state index in [1.165, 1.54) is 12.8 Å². The molecule has 2 unspecified atom stereocenters. The molecule has 0 aromatic rings. The highest BCUT2D eigenvalue weighted by Gasteiger charge is 2.62. The van der Waals surface area contributed by atoms with Crippen molar-refractivity contribution < 1.29 is 14.7 Å². The lowest BCUT2D eigenvalue weighted by Gasteiger charge is -2.59. The van der Waals surface area contributed by atoms with Gasteiger partial charge in [-0.2, -0.15) is 0 Å². The number of nitrogens with zero attached hydrogens (tertiary/aromatic N) is 2. The van der Waals surface area contributed by atoms with Crippen LogP contribution in [0, 0.1) is 23.2 Å². The molecule has 0 aromatic heterocycles. The molecule has 138 valence electrons. The van der Waals surface area contributed by atoms with E-state index < -0.39 is 11.4 Å². The summed E-state index contributed by atoms with van der Waals surface area (Å²) in [5.74, 6) is 0.800. The number of hydrogen-bond acceptors (Lipinski definition) is 2. The van der Waals surface area contributed by atoms with Crippen LogP contribution in [0.2, 0.25) is 0 Å². The summed E-state index contributed by atoms with van der Waals surface area (Å²) in [7, 11) is 0. The topological polar surface area (TPSA) is 60.9 Å². The van der Waals surface area contributed by atoms with E-state index in [9.17, 15) is 14.7 Å². The van der Waals surface area contributed by atoms with Crippen molar-refractivity contribution in [1.82, 2.24) is 9.80 Å². The second-order valence-electron chi connectivity index (χ2n) is 9.63. The summed E-state index contributed by atoms with van der Waals surface area (Å²) in [4.78, 5) is 29.6. The summed E-state index contributed by atoms with van der Waals surface area (Å²) in [6.07, 6.45) is 9.50. The van der Waals surface area contributed by atoms with Crippen LogP contribution in [0.25, 0.3) is 0 Å². The summed E-state index contributed by atoms with van der Waals surface area (Å²) < 4.78 is 0. The summed E-state index contributed by atoms with van der Waals surface area (Å²) in [6.45, 7) is 3.80. The highest BCUT2D eigenvalue weighted by atomic mass is 16.4. The molecule has 6 aliphatic rings. The van der Waals surface area contributed by atoms with Crippen LogP contribution in [0.1, 0.15) is 64.7 Å². The van der Waals surface area contributed by atoms with Gasteiger partial charge in [0.1, 0.15) is 0 Å². The molecule has 1 heterocycles. The van der Waals surface area contributed by atoms with E-state index in [-0.39, 0.29) is 11.6 Å². The van der Waals surface area contributed by atoms with Crippen molar-refractivity contribution in [3.05, 3.63) is 0 Å². The first kappa shape index (κ1) is 16.0. The van der Waals surface area contributed by atoms with Crippen LogP contribution < -0.4 is 0 Å². The first-order chi connectivity index (χ1) is 12.0. The van der Waals surface area contributed by atoms with E-state index in [1.807, 2.05) is 0 Å². The molecule has 5 nitrogen and oxygen atoms in total. The molecule has 1 saturated heterocycles. The van der Waals surface area contributed by atoms with E-state index in [0.29, 0.717) is 23.8 Å². The maximum absolute atomic E-state index is 13.3. The number of aliphatic carboxylic acids is 1. The van der Waals surface area contributed by atoms with Crippen molar-refractivity contribution in [2.45, 2.75) is 76.3 Å². The van der Waals surface area contributed by atoms with Gasteiger partial charge in [0.05, 0.1) is 11.0 Å². The molecule has 1 N–H and O–H groups in total. The SMILES string of the molecule is CCN1C(=O)N(C2C3CC4CC2CC(C(=O)O)(C4)C3)CC12CCCC2. The smallest absolute Gasteiger partial charge is 0.320 e. The molecule has 0 aromatic carbocycles. The van der Waals surface area contributed by atoms with Crippen LogP contribution in [0.5, 0.6) is 0 Å². The van der Waals surface area contributed by atoms with Gasteiger partial charge in [-0.1, -0.05) is 12.8 Å². The Balaban J connectivity index is 1.45. The molecule has 6 fully saturated rings.